The van der Waals surface area contributed by atoms with Gasteiger partial charge in [0.25, 0.3) is 0 Å². The molecule has 1 aliphatic rings. The minimum atomic E-state index is -2.82. The summed E-state index contributed by atoms with van der Waals surface area (Å²) in [6.07, 6.45) is 1.26. The van der Waals surface area contributed by atoms with Crippen molar-refractivity contribution in [3.8, 4) is 5.75 Å². The highest BCUT2D eigenvalue weighted by Gasteiger charge is 2.24. The van der Waals surface area contributed by atoms with Crippen molar-refractivity contribution in [2.24, 2.45) is 5.92 Å². The van der Waals surface area contributed by atoms with E-state index >= 15 is 0 Å². The van der Waals surface area contributed by atoms with Crippen LogP contribution in [0.25, 0.3) is 0 Å². The quantitative estimate of drug-likeness (QED) is 0.903. The van der Waals surface area contributed by atoms with Gasteiger partial charge in [0.05, 0.1) is 5.92 Å². The smallest absolute Gasteiger partial charge is 0.387 e. The first-order chi connectivity index (χ1) is 9.54. The predicted octanol–water partition coefficient (Wildman–Crippen LogP) is 2.58. The van der Waals surface area contributed by atoms with E-state index in [4.69, 9.17) is 5.11 Å². The molecule has 6 heteroatoms. The SMILES string of the molecule is O=C(O)C1CCN(Cc2cccc(OC(F)F)c2)CC1. The van der Waals surface area contributed by atoms with Crippen molar-refractivity contribution in [2.45, 2.75) is 26.0 Å². The molecule has 0 bridgehead atoms. The summed E-state index contributed by atoms with van der Waals surface area (Å²) < 4.78 is 28.6. The van der Waals surface area contributed by atoms with Crippen molar-refractivity contribution in [1.82, 2.24) is 4.90 Å². The number of halogens is 2. The molecule has 1 aliphatic heterocycles. The van der Waals surface area contributed by atoms with Crippen LogP contribution in [0.2, 0.25) is 0 Å². The van der Waals surface area contributed by atoms with Gasteiger partial charge in [0.15, 0.2) is 0 Å². The van der Waals surface area contributed by atoms with E-state index in [-0.39, 0.29) is 11.7 Å². The first-order valence-corrected chi connectivity index (χ1v) is 6.53. The van der Waals surface area contributed by atoms with Gasteiger partial charge in [-0.05, 0) is 43.6 Å². The van der Waals surface area contributed by atoms with Gasteiger partial charge in [0.1, 0.15) is 5.75 Å². The summed E-state index contributed by atoms with van der Waals surface area (Å²) >= 11 is 0. The second kappa shape index (κ2) is 6.65. The minimum Gasteiger partial charge on any atom is -0.481 e. The third-order valence-corrected chi connectivity index (χ3v) is 3.47. The number of carbonyl (C=O) groups is 1. The lowest BCUT2D eigenvalue weighted by atomic mass is 9.97. The second-order valence-corrected chi connectivity index (χ2v) is 4.91. The van der Waals surface area contributed by atoms with Gasteiger partial charge in [-0.25, -0.2) is 0 Å². The van der Waals surface area contributed by atoms with Crippen LogP contribution in [0, 0.1) is 5.92 Å². The van der Waals surface area contributed by atoms with Crippen molar-refractivity contribution >= 4 is 5.97 Å². The molecule has 0 amide bonds. The van der Waals surface area contributed by atoms with Gasteiger partial charge in [-0.15, -0.1) is 0 Å². The maximum atomic E-state index is 12.1. The zero-order valence-electron chi connectivity index (χ0n) is 11.0. The second-order valence-electron chi connectivity index (χ2n) is 4.91. The van der Waals surface area contributed by atoms with Gasteiger partial charge >= 0.3 is 12.6 Å². The number of hydrogen-bond donors (Lipinski definition) is 1. The molecule has 1 N–H and O–H groups in total. The summed E-state index contributed by atoms with van der Waals surface area (Å²) in [5, 5.41) is 8.93. The summed E-state index contributed by atoms with van der Waals surface area (Å²) in [5.74, 6) is -0.852. The van der Waals surface area contributed by atoms with E-state index in [9.17, 15) is 13.6 Å². The average molecular weight is 285 g/mol. The molecular formula is C14H17F2NO3. The van der Waals surface area contributed by atoms with Crippen LogP contribution in [0.1, 0.15) is 18.4 Å². The lowest BCUT2D eigenvalue weighted by Gasteiger charge is -2.30. The van der Waals surface area contributed by atoms with E-state index in [1.165, 1.54) is 6.07 Å². The van der Waals surface area contributed by atoms with Crippen LogP contribution in [0.3, 0.4) is 0 Å². The topological polar surface area (TPSA) is 49.8 Å². The zero-order chi connectivity index (χ0) is 14.5. The zero-order valence-corrected chi connectivity index (χ0v) is 11.0. The number of benzene rings is 1. The van der Waals surface area contributed by atoms with E-state index in [1.54, 1.807) is 12.1 Å². The normalized spacial score (nSPS) is 17.4. The molecule has 0 atom stereocenters. The average Bonchev–Trinajstić information content (AvgIpc) is 2.39. The van der Waals surface area contributed by atoms with Crippen LogP contribution in [0.5, 0.6) is 5.75 Å². The molecule has 1 fully saturated rings. The Bertz CT molecular complexity index is 459. The number of carboxylic acids is 1. The number of aliphatic carboxylic acids is 1. The number of hydrogen-bond acceptors (Lipinski definition) is 3. The van der Waals surface area contributed by atoms with Crippen LogP contribution in [-0.2, 0) is 11.3 Å². The Morgan fingerprint density at radius 2 is 2.10 bits per heavy atom. The fraction of sp³-hybridized carbons (Fsp3) is 0.500. The number of nitrogens with zero attached hydrogens (tertiary/aromatic N) is 1. The Balaban J connectivity index is 1.89. The van der Waals surface area contributed by atoms with Crippen LogP contribution < -0.4 is 4.74 Å². The maximum Gasteiger partial charge on any atom is 0.387 e. The Morgan fingerprint density at radius 1 is 1.40 bits per heavy atom. The number of carboxylic acid groups (broad SMARTS) is 1. The molecule has 1 saturated heterocycles. The molecule has 1 aromatic rings. The lowest BCUT2D eigenvalue weighted by molar-refractivity contribution is -0.143. The number of rotatable bonds is 5. The Labute approximate surface area is 116 Å². The molecule has 0 aliphatic carbocycles. The number of piperidine rings is 1. The molecule has 0 saturated carbocycles. The summed E-state index contributed by atoms with van der Waals surface area (Å²) in [5.41, 5.74) is 0.886. The molecule has 20 heavy (non-hydrogen) atoms. The minimum absolute atomic E-state index is 0.151. The first-order valence-electron chi connectivity index (χ1n) is 6.53. The molecule has 110 valence electrons. The monoisotopic (exact) mass is 285 g/mol. The van der Waals surface area contributed by atoms with Gasteiger partial charge in [-0.1, -0.05) is 12.1 Å². The number of alkyl halides is 2. The van der Waals surface area contributed by atoms with Crippen LogP contribution in [0.15, 0.2) is 24.3 Å². The Kier molecular flexibility index (Phi) is 4.89. The molecule has 0 spiro atoms. The van der Waals surface area contributed by atoms with E-state index in [1.807, 2.05) is 6.07 Å². The Morgan fingerprint density at radius 3 is 2.70 bits per heavy atom. The summed E-state index contributed by atoms with van der Waals surface area (Å²) in [7, 11) is 0. The summed E-state index contributed by atoms with van der Waals surface area (Å²) in [6, 6.07) is 6.61. The summed E-state index contributed by atoms with van der Waals surface area (Å²) in [6.45, 7) is -0.794. The highest BCUT2D eigenvalue weighted by atomic mass is 19.3. The molecule has 0 aromatic heterocycles. The van der Waals surface area contributed by atoms with Gasteiger partial charge in [-0.3, -0.25) is 9.69 Å². The van der Waals surface area contributed by atoms with E-state index in [2.05, 4.69) is 9.64 Å². The predicted molar refractivity (Wildman–Crippen MR) is 68.7 cm³/mol. The van der Waals surface area contributed by atoms with Crippen LogP contribution in [-0.4, -0.2) is 35.7 Å². The molecule has 0 unspecified atom stereocenters. The molecule has 4 nitrogen and oxygen atoms in total. The third kappa shape index (κ3) is 4.16. The van der Waals surface area contributed by atoms with Crippen molar-refractivity contribution in [1.29, 1.82) is 0 Å². The highest BCUT2D eigenvalue weighted by molar-refractivity contribution is 5.70. The van der Waals surface area contributed by atoms with Gasteiger partial charge in [0.2, 0.25) is 0 Å². The molecule has 0 radical (unpaired) electrons. The molecule has 1 aromatic carbocycles. The fourth-order valence-corrected chi connectivity index (χ4v) is 2.42. The first kappa shape index (κ1) is 14.7. The molecular weight excluding hydrogens is 268 g/mol. The van der Waals surface area contributed by atoms with E-state index in [0.29, 0.717) is 32.5 Å². The summed E-state index contributed by atoms with van der Waals surface area (Å²) in [4.78, 5) is 13.0. The van der Waals surface area contributed by atoms with Crippen molar-refractivity contribution in [2.75, 3.05) is 13.1 Å². The lowest BCUT2D eigenvalue weighted by Crippen LogP contribution is -2.35. The van der Waals surface area contributed by atoms with Crippen molar-refractivity contribution in [3.05, 3.63) is 29.8 Å². The number of ether oxygens (including phenoxy) is 1. The highest BCUT2D eigenvalue weighted by Crippen LogP contribution is 2.21. The Hall–Kier alpha value is -1.69. The number of likely N-dealkylation sites (tertiary alicyclic amines) is 1. The third-order valence-electron chi connectivity index (χ3n) is 3.47. The maximum absolute atomic E-state index is 12.1. The standard InChI is InChI=1S/C14H17F2NO3/c15-14(16)20-12-3-1-2-10(8-12)9-17-6-4-11(5-7-17)13(18)19/h1-3,8,11,14H,4-7,9H2,(H,18,19). The largest absolute Gasteiger partial charge is 0.481 e. The van der Waals surface area contributed by atoms with Gasteiger partial charge in [0, 0.05) is 6.54 Å². The van der Waals surface area contributed by atoms with Crippen molar-refractivity contribution in [3.63, 3.8) is 0 Å². The van der Waals surface area contributed by atoms with E-state index < -0.39 is 12.6 Å². The van der Waals surface area contributed by atoms with Crippen LogP contribution >= 0.6 is 0 Å². The van der Waals surface area contributed by atoms with Crippen LogP contribution in [0.4, 0.5) is 8.78 Å². The molecule has 2 rings (SSSR count). The van der Waals surface area contributed by atoms with E-state index in [0.717, 1.165) is 5.56 Å². The van der Waals surface area contributed by atoms with Gasteiger partial charge in [-0.2, -0.15) is 8.78 Å². The van der Waals surface area contributed by atoms with Gasteiger partial charge < -0.3 is 9.84 Å². The van der Waals surface area contributed by atoms with Crippen molar-refractivity contribution < 1.29 is 23.4 Å². The fourth-order valence-electron chi connectivity index (χ4n) is 2.42. The molecule has 1 heterocycles.